The summed E-state index contributed by atoms with van der Waals surface area (Å²) in [6.07, 6.45) is 2.53. The summed E-state index contributed by atoms with van der Waals surface area (Å²) in [6.45, 7) is 9.05. The molecule has 1 aliphatic heterocycles. The van der Waals surface area contributed by atoms with Gasteiger partial charge in [-0.1, -0.05) is 39.1 Å². The Morgan fingerprint density at radius 3 is 2.57 bits per heavy atom. The van der Waals surface area contributed by atoms with E-state index in [1.165, 1.54) is 23.4 Å². The second-order valence-electron chi connectivity index (χ2n) is 6.02. The lowest BCUT2D eigenvalue weighted by Crippen LogP contribution is -2.36. The van der Waals surface area contributed by atoms with E-state index in [0.29, 0.717) is 4.99 Å². The Morgan fingerprint density at radius 2 is 2.05 bits per heavy atom. The Morgan fingerprint density at radius 1 is 1.38 bits per heavy atom. The van der Waals surface area contributed by atoms with Crippen molar-refractivity contribution in [3.63, 3.8) is 0 Å². The number of rotatable bonds is 5. The number of hydrogen-bond donors (Lipinski definition) is 1. The van der Waals surface area contributed by atoms with Gasteiger partial charge < -0.3 is 10.6 Å². The molecule has 1 saturated heterocycles. The summed E-state index contributed by atoms with van der Waals surface area (Å²) < 4.78 is 0. The van der Waals surface area contributed by atoms with Crippen LogP contribution in [0.4, 0.5) is 5.69 Å². The summed E-state index contributed by atoms with van der Waals surface area (Å²) in [5.41, 5.74) is 8.32. The fourth-order valence-electron chi connectivity index (χ4n) is 3.11. The minimum Gasteiger partial charge on any atom is -0.389 e. The summed E-state index contributed by atoms with van der Waals surface area (Å²) in [5.74, 6) is 2.67. The monoisotopic (exact) mass is 322 g/mol. The average Bonchev–Trinajstić information content (AvgIpc) is 2.47. The molecule has 0 radical (unpaired) electrons. The van der Waals surface area contributed by atoms with Crippen LogP contribution in [0.3, 0.4) is 0 Å². The van der Waals surface area contributed by atoms with E-state index in [4.69, 9.17) is 18.0 Å². The molecule has 2 N–H and O–H groups in total. The minimum absolute atomic E-state index is 0.521. The number of nitrogens with two attached hydrogens (primary N) is 1. The van der Waals surface area contributed by atoms with E-state index in [-0.39, 0.29) is 0 Å². The van der Waals surface area contributed by atoms with Crippen molar-refractivity contribution in [1.29, 1.82) is 0 Å². The topological polar surface area (TPSA) is 29.3 Å². The van der Waals surface area contributed by atoms with Crippen LogP contribution >= 0.6 is 24.0 Å². The largest absolute Gasteiger partial charge is 0.389 e. The molecule has 0 saturated carbocycles. The summed E-state index contributed by atoms with van der Waals surface area (Å²) in [7, 11) is 0. The van der Waals surface area contributed by atoms with Crippen molar-refractivity contribution in [1.82, 2.24) is 0 Å². The highest BCUT2D eigenvalue weighted by molar-refractivity contribution is 7.99. The van der Waals surface area contributed by atoms with E-state index in [2.05, 4.69) is 43.9 Å². The lowest BCUT2D eigenvalue weighted by Gasteiger charge is -2.36. The number of anilines is 1. The highest BCUT2D eigenvalue weighted by Gasteiger charge is 2.24. The first-order valence-corrected chi connectivity index (χ1v) is 9.24. The molecule has 1 fully saturated rings. The van der Waals surface area contributed by atoms with Gasteiger partial charge in [0.25, 0.3) is 0 Å². The fraction of sp³-hybridized carbons (Fsp3) is 0.588. The van der Waals surface area contributed by atoms with Crippen molar-refractivity contribution < 1.29 is 0 Å². The Bertz CT molecular complexity index is 492. The molecule has 4 heteroatoms. The van der Waals surface area contributed by atoms with E-state index in [1.807, 2.05) is 11.8 Å². The molecule has 0 bridgehead atoms. The van der Waals surface area contributed by atoms with Gasteiger partial charge in [0.05, 0.1) is 0 Å². The molecule has 1 aromatic carbocycles. The molecule has 0 aromatic heterocycles. The zero-order chi connectivity index (χ0) is 15.4. The Balaban J connectivity index is 2.24. The quantitative estimate of drug-likeness (QED) is 0.646. The van der Waals surface area contributed by atoms with Crippen LogP contribution in [0, 0.1) is 11.8 Å². The maximum atomic E-state index is 6.02. The van der Waals surface area contributed by atoms with Crippen LogP contribution in [-0.2, 0) is 0 Å². The van der Waals surface area contributed by atoms with Crippen LogP contribution in [0.15, 0.2) is 23.1 Å². The Kier molecular flexibility index (Phi) is 5.94. The Labute approximate surface area is 138 Å². The molecule has 0 atom stereocenters. The van der Waals surface area contributed by atoms with Gasteiger partial charge in [0.1, 0.15) is 4.99 Å². The van der Waals surface area contributed by atoms with Crippen molar-refractivity contribution in [2.45, 2.75) is 38.5 Å². The van der Waals surface area contributed by atoms with Crippen LogP contribution < -0.4 is 10.6 Å². The second-order valence-corrected chi connectivity index (χ2v) is 7.76. The summed E-state index contributed by atoms with van der Waals surface area (Å²) in [4.78, 5) is 4.20. The molecule has 2 nitrogen and oxygen atoms in total. The molecule has 1 aliphatic rings. The van der Waals surface area contributed by atoms with Crippen molar-refractivity contribution >= 4 is 34.7 Å². The first kappa shape index (κ1) is 16.6. The number of thioether (sulfide) groups is 1. The average molecular weight is 323 g/mol. The van der Waals surface area contributed by atoms with Crippen LogP contribution in [-0.4, -0.2) is 23.8 Å². The molecule has 1 aromatic rings. The van der Waals surface area contributed by atoms with Crippen LogP contribution in [0.25, 0.3) is 0 Å². The van der Waals surface area contributed by atoms with Crippen LogP contribution in [0.1, 0.15) is 39.2 Å². The number of hydrogen-bond acceptors (Lipinski definition) is 3. The fourth-order valence-corrected chi connectivity index (χ4v) is 4.24. The molecule has 0 aliphatic carbocycles. The first-order valence-electron chi connectivity index (χ1n) is 7.85. The predicted octanol–water partition coefficient (Wildman–Crippen LogP) is 4.31. The van der Waals surface area contributed by atoms with E-state index < -0.39 is 0 Å². The molecule has 0 amide bonds. The van der Waals surface area contributed by atoms with Gasteiger partial charge in [-0.05, 0) is 42.6 Å². The van der Waals surface area contributed by atoms with E-state index >= 15 is 0 Å². The lowest BCUT2D eigenvalue weighted by atomic mass is 9.86. The third-order valence-electron chi connectivity index (χ3n) is 4.37. The van der Waals surface area contributed by atoms with Crippen molar-refractivity contribution in [3.05, 3.63) is 23.8 Å². The van der Waals surface area contributed by atoms with Gasteiger partial charge in [-0.15, -0.1) is 11.8 Å². The molecular weight excluding hydrogens is 296 g/mol. The number of piperidine rings is 1. The number of nitrogens with zero attached hydrogens (tertiary/aromatic N) is 1. The highest BCUT2D eigenvalue weighted by Crippen LogP contribution is 2.34. The van der Waals surface area contributed by atoms with E-state index in [9.17, 15) is 0 Å². The SMILES string of the molecule is CCSc1cccc(N2CCC(C(C)C)CC2)c1C(N)=S. The van der Waals surface area contributed by atoms with Crippen molar-refractivity contribution in [2.75, 3.05) is 23.7 Å². The number of benzene rings is 1. The molecule has 21 heavy (non-hydrogen) atoms. The zero-order valence-corrected chi connectivity index (χ0v) is 14.9. The third-order valence-corrected chi connectivity index (χ3v) is 5.52. The lowest BCUT2D eigenvalue weighted by molar-refractivity contribution is 0.311. The van der Waals surface area contributed by atoms with E-state index in [0.717, 1.165) is 36.2 Å². The standard InChI is InChI=1S/C17H26N2S2/c1-4-21-15-7-5-6-14(16(15)17(18)20)19-10-8-13(9-11-19)12(2)3/h5-7,12-13H,4,8-11H2,1-3H3,(H2,18,20). The number of thiocarbonyl (C=S) groups is 1. The first-order chi connectivity index (χ1) is 10.0. The van der Waals surface area contributed by atoms with Gasteiger partial charge >= 0.3 is 0 Å². The minimum atomic E-state index is 0.521. The smallest absolute Gasteiger partial charge is 0.107 e. The van der Waals surface area contributed by atoms with Gasteiger partial charge in [-0.2, -0.15) is 0 Å². The molecule has 1 heterocycles. The van der Waals surface area contributed by atoms with Gasteiger partial charge in [0.15, 0.2) is 0 Å². The van der Waals surface area contributed by atoms with Gasteiger partial charge in [-0.3, -0.25) is 0 Å². The molecule has 0 unspecified atom stereocenters. The molecule has 2 rings (SSSR count). The predicted molar refractivity (Wildman–Crippen MR) is 98.5 cm³/mol. The highest BCUT2D eigenvalue weighted by atomic mass is 32.2. The van der Waals surface area contributed by atoms with Crippen LogP contribution in [0.2, 0.25) is 0 Å². The summed E-state index contributed by atoms with van der Waals surface area (Å²) in [5, 5.41) is 0. The zero-order valence-electron chi connectivity index (χ0n) is 13.3. The summed E-state index contributed by atoms with van der Waals surface area (Å²) in [6, 6.07) is 6.43. The Hall–Kier alpha value is -0.740. The van der Waals surface area contributed by atoms with E-state index in [1.54, 1.807) is 0 Å². The van der Waals surface area contributed by atoms with Gasteiger partial charge in [0, 0.05) is 29.2 Å². The normalized spacial score (nSPS) is 16.5. The molecule has 116 valence electrons. The maximum Gasteiger partial charge on any atom is 0.107 e. The van der Waals surface area contributed by atoms with Crippen molar-refractivity contribution in [2.24, 2.45) is 17.6 Å². The van der Waals surface area contributed by atoms with Gasteiger partial charge in [-0.25, -0.2) is 0 Å². The molecular formula is C17H26N2S2. The van der Waals surface area contributed by atoms with Crippen molar-refractivity contribution in [3.8, 4) is 0 Å². The van der Waals surface area contributed by atoms with Gasteiger partial charge in [0.2, 0.25) is 0 Å². The maximum absolute atomic E-state index is 6.02. The second kappa shape index (κ2) is 7.50. The molecule has 0 spiro atoms. The summed E-state index contributed by atoms with van der Waals surface area (Å²) >= 11 is 7.14. The van der Waals surface area contributed by atoms with Crippen LogP contribution in [0.5, 0.6) is 0 Å². The third kappa shape index (κ3) is 3.92.